The molecule has 1 heteroatoms. The van der Waals surface area contributed by atoms with Gasteiger partial charge in [0.25, 0.3) is 0 Å². The molecule has 1 nitrogen and oxygen atoms in total. The summed E-state index contributed by atoms with van der Waals surface area (Å²) in [5.41, 5.74) is 11.2. The van der Waals surface area contributed by atoms with E-state index in [-0.39, 0.29) is 5.60 Å². The van der Waals surface area contributed by atoms with Crippen LogP contribution >= 0.6 is 0 Å². The third-order valence-corrected chi connectivity index (χ3v) is 7.10. The maximum absolute atomic E-state index is 5.70. The molecule has 0 spiro atoms. The molecule has 0 unspecified atom stereocenters. The van der Waals surface area contributed by atoms with Crippen molar-refractivity contribution >= 4 is 0 Å². The van der Waals surface area contributed by atoms with Crippen LogP contribution in [0.15, 0.2) is 57.2 Å². The molecule has 1 aliphatic carbocycles. The third kappa shape index (κ3) is 8.97. The largest absolute Gasteiger partial charge is 0.367 e. The van der Waals surface area contributed by atoms with E-state index in [4.69, 9.17) is 4.74 Å². The first kappa shape index (κ1) is 25.9. The standard InChI is InChI=1S/C30H48O/c1-22(2)12-9-16-25(5)28-20-19-26(6)27(28)17-11-15-23(3)13-10-14-24(4)18-21-29-30(7,8)31-29/h12,14-15,29H,9-11,13,16-21H2,1-8H3/b23-15+,24-14?,28-25-/t29-/m0/s1. The van der Waals surface area contributed by atoms with Crippen LogP contribution in [-0.4, -0.2) is 11.7 Å². The zero-order valence-corrected chi connectivity index (χ0v) is 21.8. The smallest absolute Gasteiger partial charge is 0.0892 e. The lowest BCUT2D eigenvalue weighted by Gasteiger charge is -2.11. The summed E-state index contributed by atoms with van der Waals surface area (Å²) in [5, 5.41) is 0. The highest BCUT2D eigenvalue weighted by atomic mass is 16.6. The second-order valence-electron chi connectivity index (χ2n) is 10.8. The van der Waals surface area contributed by atoms with E-state index >= 15 is 0 Å². The minimum absolute atomic E-state index is 0.131. The maximum Gasteiger partial charge on any atom is 0.0892 e. The van der Waals surface area contributed by atoms with Gasteiger partial charge in [-0.05, 0) is 131 Å². The van der Waals surface area contributed by atoms with Gasteiger partial charge in [0.15, 0.2) is 0 Å². The molecule has 2 rings (SSSR count). The Bertz CT molecular complexity index is 762. The minimum atomic E-state index is 0.131. The lowest BCUT2D eigenvalue weighted by atomic mass is 9.95. The number of hydrogen-bond acceptors (Lipinski definition) is 1. The van der Waals surface area contributed by atoms with Crippen LogP contribution < -0.4 is 0 Å². The Kier molecular flexibility index (Phi) is 10.1. The summed E-state index contributed by atoms with van der Waals surface area (Å²) < 4.78 is 5.70. The summed E-state index contributed by atoms with van der Waals surface area (Å²) in [6.45, 7) is 18.1. The lowest BCUT2D eigenvalue weighted by molar-refractivity contribution is 0.320. The highest BCUT2D eigenvalue weighted by Crippen LogP contribution is 2.39. The van der Waals surface area contributed by atoms with Crippen molar-refractivity contribution in [3.05, 3.63) is 57.2 Å². The van der Waals surface area contributed by atoms with E-state index in [1.54, 1.807) is 22.3 Å². The predicted octanol–water partition coefficient (Wildman–Crippen LogP) is 9.57. The summed E-state index contributed by atoms with van der Waals surface area (Å²) in [4.78, 5) is 0. The molecule has 0 N–H and O–H groups in total. The van der Waals surface area contributed by atoms with Gasteiger partial charge < -0.3 is 4.74 Å². The molecule has 1 aliphatic heterocycles. The molecule has 174 valence electrons. The number of ether oxygens (including phenoxy) is 1. The van der Waals surface area contributed by atoms with Gasteiger partial charge in [0.2, 0.25) is 0 Å². The highest BCUT2D eigenvalue weighted by Gasteiger charge is 2.46. The van der Waals surface area contributed by atoms with Crippen LogP contribution in [0.2, 0.25) is 0 Å². The molecule has 31 heavy (non-hydrogen) atoms. The molecule has 0 radical (unpaired) electrons. The van der Waals surface area contributed by atoms with Crippen LogP contribution in [-0.2, 0) is 4.74 Å². The molecule has 0 aromatic rings. The van der Waals surface area contributed by atoms with Gasteiger partial charge in [-0.2, -0.15) is 0 Å². The summed E-state index contributed by atoms with van der Waals surface area (Å²) in [6.07, 6.45) is 19.8. The van der Waals surface area contributed by atoms with Gasteiger partial charge in [-0.25, -0.2) is 0 Å². The molecule has 1 atom stereocenters. The van der Waals surface area contributed by atoms with Crippen LogP contribution in [0.25, 0.3) is 0 Å². The molecule has 1 fully saturated rings. The van der Waals surface area contributed by atoms with Gasteiger partial charge >= 0.3 is 0 Å². The zero-order chi connectivity index (χ0) is 23.0. The van der Waals surface area contributed by atoms with Crippen molar-refractivity contribution < 1.29 is 4.74 Å². The molecular formula is C30H48O. The van der Waals surface area contributed by atoms with E-state index in [1.807, 2.05) is 0 Å². The Morgan fingerprint density at radius 3 is 2.13 bits per heavy atom. The second kappa shape index (κ2) is 12.0. The first-order valence-electron chi connectivity index (χ1n) is 12.6. The predicted molar refractivity (Wildman–Crippen MR) is 137 cm³/mol. The van der Waals surface area contributed by atoms with Gasteiger partial charge in [0, 0.05) is 0 Å². The van der Waals surface area contributed by atoms with E-state index < -0.39 is 0 Å². The van der Waals surface area contributed by atoms with E-state index in [2.05, 4.69) is 73.6 Å². The van der Waals surface area contributed by atoms with Crippen molar-refractivity contribution in [2.24, 2.45) is 0 Å². The highest BCUT2D eigenvalue weighted by molar-refractivity contribution is 5.43. The van der Waals surface area contributed by atoms with E-state index in [0.29, 0.717) is 6.10 Å². The number of hydrogen-bond donors (Lipinski definition) is 0. The van der Waals surface area contributed by atoms with Crippen molar-refractivity contribution in [1.82, 2.24) is 0 Å². The van der Waals surface area contributed by atoms with Crippen LogP contribution in [0.5, 0.6) is 0 Å². The van der Waals surface area contributed by atoms with Gasteiger partial charge in [0.1, 0.15) is 0 Å². The second-order valence-corrected chi connectivity index (χ2v) is 10.8. The minimum Gasteiger partial charge on any atom is -0.367 e. The number of allylic oxidation sites excluding steroid dienone is 10. The Morgan fingerprint density at radius 1 is 0.871 bits per heavy atom. The van der Waals surface area contributed by atoms with Crippen LogP contribution in [0, 0.1) is 0 Å². The molecule has 1 saturated heterocycles. The van der Waals surface area contributed by atoms with Crippen molar-refractivity contribution in [2.75, 3.05) is 0 Å². The SMILES string of the molecule is CC(C)=CCC/C(C)=C1/CCC(C)=C1CC/C=C(\C)CCC=C(C)CC[C@@H]1OC1(C)C. The number of epoxide rings is 1. The monoisotopic (exact) mass is 424 g/mol. The Labute approximate surface area is 193 Å². The molecule has 0 aromatic heterocycles. The fraction of sp³-hybridized carbons (Fsp3) is 0.667. The summed E-state index contributed by atoms with van der Waals surface area (Å²) >= 11 is 0. The average Bonchev–Trinajstić information content (AvgIpc) is 3.13. The Hall–Kier alpha value is -1.34. The summed E-state index contributed by atoms with van der Waals surface area (Å²) in [6, 6.07) is 0. The van der Waals surface area contributed by atoms with Gasteiger partial charge in [-0.1, -0.05) is 46.1 Å². The van der Waals surface area contributed by atoms with Crippen molar-refractivity contribution in [1.29, 1.82) is 0 Å². The molecule has 1 heterocycles. The topological polar surface area (TPSA) is 12.5 Å². The number of rotatable bonds is 12. The van der Waals surface area contributed by atoms with Crippen LogP contribution in [0.1, 0.15) is 120 Å². The first-order valence-corrected chi connectivity index (χ1v) is 12.6. The molecular weight excluding hydrogens is 376 g/mol. The van der Waals surface area contributed by atoms with E-state index in [9.17, 15) is 0 Å². The Morgan fingerprint density at radius 2 is 1.48 bits per heavy atom. The average molecular weight is 425 g/mol. The van der Waals surface area contributed by atoms with Crippen LogP contribution in [0.3, 0.4) is 0 Å². The normalized spacial score (nSPS) is 22.8. The summed E-state index contributed by atoms with van der Waals surface area (Å²) in [7, 11) is 0. The van der Waals surface area contributed by atoms with Crippen molar-refractivity contribution in [3.8, 4) is 0 Å². The first-order chi connectivity index (χ1) is 14.6. The third-order valence-electron chi connectivity index (χ3n) is 7.10. The zero-order valence-electron chi connectivity index (χ0n) is 21.8. The van der Waals surface area contributed by atoms with Gasteiger partial charge in [-0.3, -0.25) is 0 Å². The van der Waals surface area contributed by atoms with Crippen LogP contribution in [0.4, 0.5) is 0 Å². The van der Waals surface area contributed by atoms with E-state index in [0.717, 1.165) is 0 Å². The Balaban J connectivity index is 1.76. The molecule has 0 saturated carbocycles. The van der Waals surface area contributed by atoms with Gasteiger partial charge in [-0.15, -0.1) is 0 Å². The van der Waals surface area contributed by atoms with Crippen molar-refractivity contribution in [3.63, 3.8) is 0 Å². The fourth-order valence-electron chi connectivity index (χ4n) is 4.75. The maximum atomic E-state index is 5.70. The summed E-state index contributed by atoms with van der Waals surface area (Å²) in [5.74, 6) is 0. The molecule has 0 bridgehead atoms. The molecule has 2 aliphatic rings. The quantitative estimate of drug-likeness (QED) is 0.224. The van der Waals surface area contributed by atoms with Crippen molar-refractivity contribution in [2.45, 2.75) is 131 Å². The fourth-order valence-corrected chi connectivity index (χ4v) is 4.75. The van der Waals surface area contributed by atoms with Gasteiger partial charge in [0.05, 0.1) is 11.7 Å². The lowest BCUT2D eigenvalue weighted by Crippen LogP contribution is -2.02. The molecule has 0 amide bonds. The van der Waals surface area contributed by atoms with E-state index in [1.165, 1.54) is 80.9 Å². The molecule has 0 aromatic carbocycles.